The number of Topliss-reactive ketones (excluding diaryl/α,β-unsaturated/α-hetero) is 1. The van der Waals surface area contributed by atoms with Crippen molar-refractivity contribution in [2.24, 2.45) is 0 Å². The minimum absolute atomic E-state index is 0.00405. The quantitative estimate of drug-likeness (QED) is 0.302. The van der Waals surface area contributed by atoms with E-state index in [0.717, 1.165) is 34.3 Å². The maximum absolute atomic E-state index is 13.1. The number of nitrogens with zero attached hydrogens (tertiary/aromatic N) is 5. The van der Waals surface area contributed by atoms with Crippen molar-refractivity contribution in [3.05, 3.63) is 65.5 Å². The fourth-order valence-corrected chi connectivity index (χ4v) is 4.60. The number of hydrogen-bond acceptors (Lipinski definition) is 8. The number of carbonyl (C=O) groups excluding carboxylic acids is 1. The number of ketones is 1. The first-order valence-electron chi connectivity index (χ1n) is 10.2. The van der Waals surface area contributed by atoms with Crippen LogP contribution in [-0.2, 0) is 0 Å². The van der Waals surface area contributed by atoms with Crippen LogP contribution >= 0.6 is 11.8 Å². The lowest BCUT2D eigenvalue weighted by molar-refractivity contribution is 0.102. The normalized spacial score (nSPS) is 12.2. The first-order valence-corrected chi connectivity index (χ1v) is 11.2. The average Bonchev–Trinajstić information content (AvgIpc) is 3.56. The number of hydrogen-bond donors (Lipinski definition) is 0. The number of aromatic nitrogens is 5. The second-order valence-corrected chi connectivity index (χ2v) is 8.38. The zero-order chi connectivity index (χ0) is 22.9. The highest BCUT2D eigenvalue weighted by molar-refractivity contribution is 7.99. The monoisotopic (exact) mass is 463 g/mol. The van der Waals surface area contributed by atoms with Crippen LogP contribution in [0.15, 0.2) is 53.7 Å². The summed E-state index contributed by atoms with van der Waals surface area (Å²) >= 11 is 1.30. The van der Waals surface area contributed by atoms with Gasteiger partial charge >= 0.3 is 0 Å². The maximum atomic E-state index is 13.1. The van der Waals surface area contributed by atoms with Crippen LogP contribution in [0, 0.1) is 13.8 Å². The number of ether oxygens (including phenoxy) is 3. The fourth-order valence-electron chi connectivity index (χ4n) is 3.83. The molecule has 0 bridgehead atoms. The second-order valence-electron chi connectivity index (χ2n) is 7.44. The molecule has 2 aromatic carbocycles. The van der Waals surface area contributed by atoms with Gasteiger partial charge in [-0.2, -0.15) is 4.68 Å². The van der Waals surface area contributed by atoms with Gasteiger partial charge in [-0.3, -0.25) is 4.79 Å². The van der Waals surface area contributed by atoms with Crippen LogP contribution in [0.2, 0.25) is 0 Å². The highest BCUT2D eigenvalue weighted by Crippen LogP contribution is 2.35. The predicted octanol–water partition coefficient (Wildman–Crippen LogP) is 3.78. The Kier molecular flexibility index (Phi) is 5.51. The standard InChI is InChI=1S/C23H21N5O4S/c1-14-10-19(15(2)27(14)17-6-9-21-22(11-17)32-13-31-21)20(29)12-33-23-24-25-26-28(23)16-4-7-18(30-3)8-5-16/h4-11H,12-13H2,1-3H3. The van der Waals surface area contributed by atoms with Crippen molar-refractivity contribution < 1.29 is 19.0 Å². The van der Waals surface area contributed by atoms with Crippen molar-refractivity contribution in [2.75, 3.05) is 19.7 Å². The second kappa shape index (κ2) is 8.62. The Bertz CT molecular complexity index is 1330. The van der Waals surface area contributed by atoms with E-state index < -0.39 is 0 Å². The van der Waals surface area contributed by atoms with Crippen molar-refractivity contribution in [3.8, 4) is 28.6 Å². The molecule has 0 saturated carbocycles. The van der Waals surface area contributed by atoms with E-state index >= 15 is 0 Å². The van der Waals surface area contributed by atoms with Crippen LogP contribution in [0.1, 0.15) is 21.7 Å². The molecule has 3 heterocycles. The highest BCUT2D eigenvalue weighted by atomic mass is 32.2. The minimum Gasteiger partial charge on any atom is -0.497 e. The molecule has 0 N–H and O–H groups in total. The summed E-state index contributed by atoms with van der Waals surface area (Å²) in [7, 11) is 1.61. The summed E-state index contributed by atoms with van der Waals surface area (Å²) in [6, 6.07) is 15.1. The molecule has 0 aliphatic carbocycles. The van der Waals surface area contributed by atoms with Crippen LogP contribution in [0.25, 0.3) is 11.4 Å². The largest absolute Gasteiger partial charge is 0.497 e. The molecule has 33 heavy (non-hydrogen) atoms. The molecule has 168 valence electrons. The van der Waals surface area contributed by atoms with E-state index in [-0.39, 0.29) is 18.3 Å². The van der Waals surface area contributed by atoms with Crippen LogP contribution in [0.4, 0.5) is 0 Å². The van der Waals surface area contributed by atoms with E-state index in [2.05, 4.69) is 15.5 Å². The summed E-state index contributed by atoms with van der Waals surface area (Å²) in [5, 5.41) is 12.4. The molecular weight excluding hydrogens is 442 g/mol. The lowest BCUT2D eigenvalue weighted by atomic mass is 10.2. The van der Waals surface area contributed by atoms with E-state index in [1.54, 1.807) is 11.8 Å². The first-order chi connectivity index (χ1) is 16.0. The van der Waals surface area contributed by atoms with Gasteiger partial charge in [-0.25, -0.2) is 0 Å². The molecule has 0 saturated heterocycles. The summed E-state index contributed by atoms with van der Waals surface area (Å²) in [6.07, 6.45) is 0. The van der Waals surface area contributed by atoms with Crippen LogP contribution in [0.5, 0.6) is 17.2 Å². The van der Waals surface area contributed by atoms with Gasteiger partial charge in [0.25, 0.3) is 0 Å². The summed E-state index contributed by atoms with van der Waals surface area (Å²) in [6.45, 7) is 4.14. The van der Waals surface area contributed by atoms with E-state index in [9.17, 15) is 4.79 Å². The number of methoxy groups -OCH3 is 1. The van der Waals surface area contributed by atoms with Gasteiger partial charge in [-0.05, 0) is 66.7 Å². The molecule has 0 fully saturated rings. The lowest BCUT2D eigenvalue weighted by Crippen LogP contribution is -2.07. The highest BCUT2D eigenvalue weighted by Gasteiger charge is 2.20. The Morgan fingerprint density at radius 2 is 1.82 bits per heavy atom. The van der Waals surface area contributed by atoms with Crippen molar-refractivity contribution in [2.45, 2.75) is 19.0 Å². The topological polar surface area (TPSA) is 93.3 Å². The molecule has 4 aromatic rings. The molecule has 1 aliphatic heterocycles. The van der Waals surface area contributed by atoms with E-state index in [1.165, 1.54) is 11.8 Å². The number of aryl methyl sites for hydroxylation is 1. The Hall–Kier alpha value is -3.79. The predicted molar refractivity (Wildman–Crippen MR) is 122 cm³/mol. The van der Waals surface area contributed by atoms with Crippen molar-refractivity contribution in [3.63, 3.8) is 0 Å². The Morgan fingerprint density at radius 3 is 2.61 bits per heavy atom. The van der Waals surface area contributed by atoms with Crippen molar-refractivity contribution in [1.29, 1.82) is 0 Å². The zero-order valence-corrected chi connectivity index (χ0v) is 19.1. The smallest absolute Gasteiger partial charge is 0.231 e. The van der Waals surface area contributed by atoms with Gasteiger partial charge in [0.05, 0.1) is 18.6 Å². The summed E-state index contributed by atoms with van der Waals surface area (Å²) < 4.78 is 19.7. The maximum Gasteiger partial charge on any atom is 0.231 e. The summed E-state index contributed by atoms with van der Waals surface area (Å²) in [5.41, 5.74) is 4.21. The molecule has 0 spiro atoms. The lowest BCUT2D eigenvalue weighted by Gasteiger charge is -2.10. The number of thioether (sulfide) groups is 1. The van der Waals surface area contributed by atoms with Crippen LogP contribution in [-0.4, -0.2) is 50.2 Å². The number of fused-ring (bicyclic) bond motifs is 1. The van der Waals surface area contributed by atoms with Crippen LogP contribution in [0.3, 0.4) is 0 Å². The molecule has 0 unspecified atom stereocenters. The molecule has 0 amide bonds. The van der Waals surface area contributed by atoms with Gasteiger partial charge in [0, 0.05) is 28.7 Å². The third kappa shape index (κ3) is 3.93. The van der Waals surface area contributed by atoms with Gasteiger partial charge in [-0.1, -0.05) is 11.8 Å². The molecule has 10 heteroatoms. The van der Waals surface area contributed by atoms with Gasteiger partial charge in [-0.15, -0.1) is 5.10 Å². The molecule has 1 aliphatic rings. The zero-order valence-electron chi connectivity index (χ0n) is 18.3. The molecule has 0 radical (unpaired) electrons. The molecule has 5 rings (SSSR count). The van der Waals surface area contributed by atoms with Crippen molar-refractivity contribution >= 4 is 17.5 Å². The number of tetrazole rings is 1. The third-order valence-corrected chi connectivity index (χ3v) is 6.36. The van der Waals surface area contributed by atoms with Crippen LogP contribution < -0.4 is 14.2 Å². The molecular formula is C23H21N5O4S. The Balaban J connectivity index is 1.34. The van der Waals surface area contributed by atoms with Crippen molar-refractivity contribution in [1.82, 2.24) is 24.8 Å². The Morgan fingerprint density at radius 1 is 1.06 bits per heavy atom. The minimum atomic E-state index is 0.00405. The number of rotatable bonds is 7. The summed E-state index contributed by atoms with van der Waals surface area (Å²) in [5.74, 6) is 2.39. The van der Waals surface area contributed by atoms with E-state index in [4.69, 9.17) is 14.2 Å². The Labute approximate surface area is 194 Å². The molecule has 2 aromatic heterocycles. The van der Waals surface area contributed by atoms with Gasteiger partial charge < -0.3 is 18.8 Å². The molecule has 9 nitrogen and oxygen atoms in total. The SMILES string of the molecule is COc1ccc(-n2nnnc2SCC(=O)c2cc(C)n(-c3ccc4c(c3)OCO4)c2C)cc1. The molecule has 0 atom stereocenters. The van der Waals surface area contributed by atoms with E-state index in [1.807, 2.05) is 66.9 Å². The average molecular weight is 464 g/mol. The number of carbonyl (C=O) groups is 1. The van der Waals surface area contributed by atoms with Gasteiger partial charge in [0.2, 0.25) is 11.9 Å². The number of benzene rings is 2. The third-order valence-electron chi connectivity index (χ3n) is 5.44. The first kappa shape index (κ1) is 21.1. The van der Waals surface area contributed by atoms with Gasteiger partial charge in [0.1, 0.15) is 5.75 Å². The van der Waals surface area contributed by atoms with Gasteiger partial charge in [0.15, 0.2) is 17.3 Å². The summed E-state index contributed by atoms with van der Waals surface area (Å²) in [4.78, 5) is 13.1. The fraction of sp³-hybridized carbons (Fsp3) is 0.217. The van der Waals surface area contributed by atoms with E-state index in [0.29, 0.717) is 16.5 Å².